The number of hydrogen-bond acceptors (Lipinski definition) is 3. The molecule has 1 N–H and O–H groups in total. The zero-order chi connectivity index (χ0) is 21.2. The normalized spacial score (nSPS) is 11.6. The highest BCUT2D eigenvalue weighted by molar-refractivity contribution is 9.10. The van der Waals surface area contributed by atoms with Gasteiger partial charge in [0.05, 0.1) is 0 Å². The molecule has 1 unspecified atom stereocenters. The molecular formula is C23H29BrN2O3. The standard InChI is InChI=1S/C23H29BrN2O3/c1-4-5-14-25-23(28)18(3)26(15-19-9-7-6-8-17(19)2)22(27)16-29-21-12-10-20(24)11-13-21/h6-13,18H,4-5,14-16H2,1-3H3,(H,25,28). The summed E-state index contributed by atoms with van der Waals surface area (Å²) in [6.45, 7) is 6.68. The van der Waals surface area contributed by atoms with Gasteiger partial charge in [-0.25, -0.2) is 0 Å². The highest BCUT2D eigenvalue weighted by Crippen LogP contribution is 2.17. The lowest BCUT2D eigenvalue weighted by molar-refractivity contribution is -0.142. The van der Waals surface area contributed by atoms with Gasteiger partial charge in [-0.1, -0.05) is 53.5 Å². The smallest absolute Gasteiger partial charge is 0.261 e. The fourth-order valence-corrected chi connectivity index (χ4v) is 3.11. The molecule has 2 rings (SSSR count). The molecule has 0 aliphatic rings. The Morgan fingerprint density at radius 3 is 2.48 bits per heavy atom. The number of carbonyl (C=O) groups excluding carboxylic acids is 2. The van der Waals surface area contributed by atoms with Gasteiger partial charge in [-0.3, -0.25) is 9.59 Å². The van der Waals surface area contributed by atoms with E-state index in [2.05, 4.69) is 28.2 Å². The summed E-state index contributed by atoms with van der Waals surface area (Å²) < 4.78 is 6.60. The van der Waals surface area contributed by atoms with Crippen LogP contribution in [0.2, 0.25) is 0 Å². The quantitative estimate of drug-likeness (QED) is 0.532. The predicted molar refractivity (Wildman–Crippen MR) is 119 cm³/mol. The van der Waals surface area contributed by atoms with Crippen LogP contribution in [0.3, 0.4) is 0 Å². The lowest BCUT2D eigenvalue weighted by Crippen LogP contribution is -2.49. The third-order valence-electron chi connectivity index (χ3n) is 4.77. The third kappa shape index (κ3) is 7.20. The van der Waals surface area contributed by atoms with Crippen LogP contribution in [0.5, 0.6) is 5.75 Å². The molecule has 29 heavy (non-hydrogen) atoms. The molecule has 2 aromatic rings. The van der Waals surface area contributed by atoms with E-state index in [1.807, 2.05) is 43.3 Å². The number of ether oxygens (including phenoxy) is 1. The Labute approximate surface area is 181 Å². The number of nitrogens with one attached hydrogen (secondary N) is 1. The van der Waals surface area contributed by atoms with Crippen LogP contribution in [0.25, 0.3) is 0 Å². The molecule has 5 nitrogen and oxygen atoms in total. The Morgan fingerprint density at radius 1 is 1.14 bits per heavy atom. The molecule has 0 bridgehead atoms. The van der Waals surface area contributed by atoms with Gasteiger partial charge in [-0.05, 0) is 55.7 Å². The van der Waals surface area contributed by atoms with Gasteiger partial charge >= 0.3 is 0 Å². The number of rotatable bonds is 10. The van der Waals surface area contributed by atoms with Crippen LogP contribution in [-0.2, 0) is 16.1 Å². The predicted octanol–water partition coefficient (Wildman–Crippen LogP) is 4.47. The zero-order valence-electron chi connectivity index (χ0n) is 17.3. The van der Waals surface area contributed by atoms with Gasteiger partial charge in [0.1, 0.15) is 11.8 Å². The second-order valence-electron chi connectivity index (χ2n) is 7.01. The molecule has 0 aliphatic heterocycles. The van der Waals surface area contributed by atoms with Gasteiger partial charge in [-0.2, -0.15) is 0 Å². The van der Waals surface area contributed by atoms with Gasteiger partial charge in [0.25, 0.3) is 5.91 Å². The van der Waals surface area contributed by atoms with E-state index in [9.17, 15) is 9.59 Å². The van der Waals surface area contributed by atoms with Crippen molar-refractivity contribution in [3.8, 4) is 5.75 Å². The molecule has 0 aliphatic carbocycles. The Kier molecular flexibility index (Phi) is 9.19. The fourth-order valence-electron chi connectivity index (χ4n) is 2.85. The second-order valence-corrected chi connectivity index (χ2v) is 7.93. The Bertz CT molecular complexity index is 808. The molecule has 0 saturated heterocycles. The average Bonchev–Trinajstić information content (AvgIpc) is 2.72. The highest BCUT2D eigenvalue weighted by atomic mass is 79.9. The van der Waals surface area contributed by atoms with Crippen LogP contribution in [0, 0.1) is 6.92 Å². The minimum absolute atomic E-state index is 0.125. The summed E-state index contributed by atoms with van der Waals surface area (Å²) in [5.41, 5.74) is 2.09. The monoisotopic (exact) mass is 460 g/mol. The molecule has 2 amide bonds. The van der Waals surface area contributed by atoms with Crippen LogP contribution < -0.4 is 10.1 Å². The molecule has 0 aromatic heterocycles. The summed E-state index contributed by atoms with van der Waals surface area (Å²) in [5, 5.41) is 2.92. The van der Waals surface area contributed by atoms with Gasteiger partial charge in [0.2, 0.25) is 5.91 Å². The van der Waals surface area contributed by atoms with E-state index >= 15 is 0 Å². The molecule has 156 valence electrons. The third-order valence-corrected chi connectivity index (χ3v) is 5.30. The Hall–Kier alpha value is -2.34. The van der Waals surface area contributed by atoms with Crippen molar-refractivity contribution >= 4 is 27.7 Å². The first-order valence-corrected chi connectivity index (χ1v) is 10.7. The van der Waals surface area contributed by atoms with Crippen LogP contribution in [0.1, 0.15) is 37.8 Å². The highest BCUT2D eigenvalue weighted by Gasteiger charge is 2.26. The fraction of sp³-hybridized carbons (Fsp3) is 0.391. The van der Waals surface area contributed by atoms with Crippen molar-refractivity contribution < 1.29 is 14.3 Å². The summed E-state index contributed by atoms with van der Waals surface area (Å²) in [6, 6.07) is 14.6. The van der Waals surface area contributed by atoms with Crippen LogP contribution in [0.4, 0.5) is 0 Å². The van der Waals surface area contributed by atoms with Crippen molar-refractivity contribution in [2.45, 2.75) is 46.2 Å². The largest absolute Gasteiger partial charge is 0.484 e. The lowest BCUT2D eigenvalue weighted by atomic mass is 10.1. The van der Waals surface area contributed by atoms with Gasteiger partial charge < -0.3 is 15.0 Å². The SMILES string of the molecule is CCCCNC(=O)C(C)N(Cc1ccccc1C)C(=O)COc1ccc(Br)cc1. The molecular weight excluding hydrogens is 432 g/mol. The first-order valence-electron chi connectivity index (χ1n) is 9.92. The second kappa shape index (κ2) is 11.6. The minimum Gasteiger partial charge on any atom is -0.484 e. The minimum atomic E-state index is -0.590. The van der Waals surface area contributed by atoms with Crippen molar-refractivity contribution in [3.63, 3.8) is 0 Å². The molecule has 0 saturated carbocycles. The van der Waals surface area contributed by atoms with E-state index in [4.69, 9.17) is 4.74 Å². The maximum atomic E-state index is 13.0. The number of hydrogen-bond donors (Lipinski definition) is 1. The van der Waals surface area contributed by atoms with Crippen molar-refractivity contribution in [1.82, 2.24) is 10.2 Å². The summed E-state index contributed by atoms with van der Waals surface area (Å²) >= 11 is 3.38. The van der Waals surface area contributed by atoms with Gasteiger partial charge in [0, 0.05) is 17.6 Å². The van der Waals surface area contributed by atoms with Crippen molar-refractivity contribution in [3.05, 3.63) is 64.1 Å². The van der Waals surface area contributed by atoms with Crippen molar-refractivity contribution in [2.75, 3.05) is 13.2 Å². The van der Waals surface area contributed by atoms with Gasteiger partial charge in [-0.15, -0.1) is 0 Å². The van der Waals surface area contributed by atoms with Crippen LogP contribution in [0.15, 0.2) is 53.0 Å². The maximum absolute atomic E-state index is 13.0. The van der Waals surface area contributed by atoms with E-state index in [0.29, 0.717) is 18.8 Å². The first kappa shape index (κ1) is 22.9. The van der Waals surface area contributed by atoms with Gasteiger partial charge in [0.15, 0.2) is 6.61 Å². The Morgan fingerprint density at radius 2 is 1.83 bits per heavy atom. The number of halogens is 1. The van der Waals surface area contributed by atoms with Crippen LogP contribution >= 0.6 is 15.9 Å². The van der Waals surface area contributed by atoms with Crippen molar-refractivity contribution in [1.29, 1.82) is 0 Å². The lowest BCUT2D eigenvalue weighted by Gasteiger charge is -2.29. The molecule has 0 heterocycles. The van der Waals surface area contributed by atoms with E-state index in [1.165, 1.54) is 0 Å². The number of unbranched alkanes of at least 4 members (excludes halogenated alkanes) is 1. The summed E-state index contributed by atoms with van der Waals surface area (Å²) in [4.78, 5) is 27.2. The summed E-state index contributed by atoms with van der Waals surface area (Å²) in [5.74, 6) is 0.232. The Balaban J connectivity index is 2.11. The maximum Gasteiger partial charge on any atom is 0.261 e. The molecule has 2 aromatic carbocycles. The van der Waals surface area contributed by atoms with E-state index in [0.717, 1.165) is 28.4 Å². The van der Waals surface area contributed by atoms with E-state index < -0.39 is 6.04 Å². The van der Waals surface area contributed by atoms with E-state index in [1.54, 1.807) is 24.0 Å². The molecule has 1 atom stereocenters. The number of nitrogens with zero attached hydrogens (tertiary/aromatic N) is 1. The number of amides is 2. The molecule has 0 fully saturated rings. The molecule has 0 radical (unpaired) electrons. The van der Waals surface area contributed by atoms with Crippen molar-refractivity contribution in [2.24, 2.45) is 0 Å². The first-order chi connectivity index (χ1) is 13.9. The van der Waals surface area contributed by atoms with E-state index in [-0.39, 0.29) is 18.4 Å². The van der Waals surface area contributed by atoms with Crippen LogP contribution in [-0.4, -0.2) is 35.9 Å². The number of carbonyl (C=O) groups is 2. The zero-order valence-corrected chi connectivity index (χ0v) is 18.9. The topological polar surface area (TPSA) is 58.6 Å². The number of aryl methyl sites for hydroxylation is 1. The summed E-state index contributed by atoms with van der Waals surface area (Å²) in [7, 11) is 0. The molecule has 0 spiro atoms. The number of benzene rings is 2. The average molecular weight is 461 g/mol. The molecule has 6 heteroatoms. The summed E-state index contributed by atoms with van der Waals surface area (Å²) in [6.07, 6.45) is 1.92.